The Morgan fingerprint density at radius 2 is 2.19 bits per heavy atom. The van der Waals surface area contributed by atoms with Gasteiger partial charge in [0.05, 0.1) is 17.6 Å². The van der Waals surface area contributed by atoms with Crippen molar-refractivity contribution in [1.29, 1.82) is 0 Å². The summed E-state index contributed by atoms with van der Waals surface area (Å²) in [5, 5.41) is 0. The minimum absolute atomic E-state index is 0.000995. The van der Waals surface area contributed by atoms with Gasteiger partial charge in [-0.3, -0.25) is 9.69 Å². The zero-order valence-corrected chi connectivity index (χ0v) is 13.5. The number of thiocarbonyl (C=S) groups is 1. The number of benzene rings is 1. The Hall–Kier alpha value is -1.17. The molecule has 2 fully saturated rings. The number of hydrogen-bond donors (Lipinski definition) is 0. The maximum Gasteiger partial charge on any atom is 0.266 e. The van der Waals surface area contributed by atoms with Crippen molar-refractivity contribution < 1.29 is 9.53 Å². The molecule has 0 aromatic heterocycles. The molecule has 110 valence electrons. The van der Waals surface area contributed by atoms with Crippen LogP contribution in [0.1, 0.15) is 24.0 Å². The van der Waals surface area contributed by atoms with E-state index in [1.54, 1.807) is 4.90 Å². The standard InChI is InChI=1S/C16H17NO2S2/c1-11-4-6-12(7-5-11)9-14-15(18)17(16(20)21-14)10-13-3-2-8-19-13/h4-7,9,13H,2-3,8,10H2,1H3/b14-9-/t13-/m1/s1. The fourth-order valence-electron chi connectivity index (χ4n) is 2.46. The first-order chi connectivity index (χ1) is 10.1. The van der Waals surface area contributed by atoms with E-state index in [2.05, 4.69) is 0 Å². The Kier molecular flexibility index (Phi) is 4.42. The zero-order valence-electron chi connectivity index (χ0n) is 11.9. The van der Waals surface area contributed by atoms with Gasteiger partial charge in [0.1, 0.15) is 4.32 Å². The molecule has 2 aliphatic rings. The van der Waals surface area contributed by atoms with Crippen LogP contribution in [0.5, 0.6) is 0 Å². The predicted octanol–water partition coefficient (Wildman–Crippen LogP) is 3.38. The highest BCUT2D eigenvalue weighted by atomic mass is 32.2. The molecule has 2 heterocycles. The van der Waals surface area contributed by atoms with Gasteiger partial charge in [-0.2, -0.15) is 0 Å². The van der Waals surface area contributed by atoms with Crippen LogP contribution in [0.4, 0.5) is 0 Å². The molecule has 1 aromatic rings. The summed E-state index contributed by atoms with van der Waals surface area (Å²) in [6, 6.07) is 8.11. The van der Waals surface area contributed by atoms with E-state index in [9.17, 15) is 4.79 Å². The van der Waals surface area contributed by atoms with E-state index in [0.29, 0.717) is 15.8 Å². The number of amides is 1. The van der Waals surface area contributed by atoms with Gasteiger partial charge >= 0.3 is 0 Å². The maximum atomic E-state index is 12.5. The van der Waals surface area contributed by atoms with Crippen LogP contribution < -0.4 is 0 Å². The van der Waals surface area contributed by atoms with Crippen molar-refractivity contribution in [1.82, 2.24) is 4.90 Å². The SMILES string of the molecule is Cc1ccc(/C=C2\SC(=S)N(C[C@H]3CCCO3)C2=O)cc1. The molecule has 1 atom stereocenters. The molecule has 0 unspecified atom stereocenters. The second-order valence-electron chi connectivity index (χ2n) is 5.34. The van der Waals surface area contributed by atoms with Crippen molar-refractivity contribution in [2.24, 2.45) is 0 Å². The predicted molar refractivity (Wildman–Crippen MR) is 90.0 cm³/mol. The van der Waals surface area contributed by atoms with Crippen LogP contribution in [0.3, 0.4) is 0 Å². The molecule has 1 aromatic carbocycles. The minimum Gasteiger partial charge on any atom is -0.376 e. The highest BCUT2D eigenvalue weighted by Crippen LogP contribution is 2.33. The molecule has 0 N–H and O–H groups in total. The van der Waals surface area contributed by atoms with Crippen LogP contribution >= 0.6 is 24.0 Å². The molecule has 21 heavy (non-hydrogen) atoms. The molecular weight excluding hydrogens is 302 g/mol. The van der Waals surface area contributed by atoms with Crippen molar-refractivity contribution in [3.05, 3.63) is 40.3 Å². The minimum atomic E-state index is 0.000995. The smallest absolute Gasteiger partial charge is 0.266 e. The lowest BCUT2D eigenvalue weighted by molar-refractivity contribution is -0.123. The van der Waals surface area contributed by atoms with Crippen molar-refractivity contribution in [2.45, 2.75) is 25.9 Å². The summed E-state index contributed by atoms with van der Waals surface area (Å²) >= 11 is 6.72. The molecule has 0 bridgehead atoms. The number of ether oxygens (including phenoxy) is 1. The Labute approximate surface area is 134 Å². The number of hydrogen-bond acceptors (Lipinski definition) is 4. The summed E-state index contributed by atoms with van der Waals surface area (Å²) in [5.41, 5.74) is 2.23. The lowest BCUT2D eigenvalue weighted by atomic mass is 10.1. The van der Waals surface area contributed by atoms with Gasteiger partial charge in [0.15, 0.2) is 0 Å². The topological polar surface area (TPSA) is 29.5 Å². The van der Waals surface area contributed by atoms with Crippen molar-refractivity contribution in [2.75, 3.05) is 13.2 Å². The number of aryl methyl sites for hydroxylation is 1. The molecular formula is C16H17NO2S2. The van der Waals surface area contributed by atoms with Crippen LogP contribution in [0, 0.1) is 6.92 Å². The molecule has 0 spiro atoms. The van der Waals surface area contributed by atoms with E-state index in [1.807, 2.05) is 37.3 Å². The molecule has 0 saturated carbocycles. The number of carbonyl (C=O) groups excluding carboxylic acids is 1. The number of carbonyl (C=O) groups is 1. The first-order valence-corrected chi connectivity index (χ1v) is 8.29. The van der Waals surface area contributed by atoms with Gasteiger partial charge in [-0.05, 0) is 31.4 Å². The summed E-state index contributed by atoms with van der Waals surface area (Å²) in [6.07, 6.45) is 4.12. The van der Waals surface area contributed by atoms with Crippen LogP contribution in [0.15, 0.2) is 29.2 Å². The van der Waals surface area contributed by atoms with Crippen LogP contribution in [0.25, 0.3) is 6.08 Å². The maximum absolute atomic E-state index is 12.5. The highest BCUT2D eigenvalue weighted by Gasteiger charge is 2.34. The average molecular weight is 319 g/mol. The van der Waals surface area contributed by atoms with Crippen LogP contribution in [0.2, 0.25) is 0 Å². The average Bonchev–Trinajstić information content (AvgIpc) is 3.06. The van der Waals surface area contributed by atoms with Crippen molar-refractivity contribution in [3.63, 3.8) is 0 Å². The fourth-order valence-corrected chi connectivity index (χ4v) is 3.74. The van der Waals surface area contributed by atoms with Gasteiger partial charge in [0.2, 0.25) is 0 Å². The molecule has 5 heteroatoms. The van der Waals surface area contributed by atoms with Crippen LogP contribution in [-0.2, 0) is 9.53 Å². The fraction of sp³-hybridized carbons (Fsp3) is 0.375. The molecule has 2 aliphatic heterocycles. The molecule has 0 aliphatic carbocycles. The summed E-state index contributed by atoms with van der Waals surface area (Å²) < 4.78 is 6.23. The van der Waals surface area contributed by atoms with E-state index in [1.165, 1.54) is 17.3 Å². The van der Waals surface area contributed by atoms with Gasteiger partial charge in [0.25, 0.3) is 5.91 Å². The zero-order chi connectivity index (χ0) is 14.8. The third-order valence-corrected chi connectivity index (χ3v) is 5.04. The summed E-state index contributed by atoms with van der Waals surface area (Å²) in [4.78, 5) is 14.8. The van der Waals surface area contributed by atoms with E-state index < -0.39 is 0 Å². The Morgan fingerprint density at radius 3 is 2.86 bits per heavy atom. The first kappa shape index (κ1) is 14.8. The second kappa shape index (κ2) is 6.30. The Morgan fingerprint density at radius 1 is 1.43 bits per heavy atom. The highest BCUT2D eigenvalue weighted by molar-refractivity contribution is 8.26. The number of rotatable bonds is 3. The molecule has 2 saturated heterocycles. The molecule has 0 radical (unpaired) electrons. The van der Waals surface area contributed by atoms with Gasteiger partial charge in [-0.15, -0.1) is 0 Å². The van der Waals surface area contributed by atoms with E-state index in [0.717, 1.165) is 25.0 Å². The number of nitrogens with zero attached hydrogens (tertiary/aromatic N) is 1. The Balaban J connectivity index is 1.74. The second-order valence-corrected chi connectivity index (χ2v) is 7.01. The lowest BCUT2D eigenvalue weighted by Crippen LogP contribution is -2.35. The first-order valence-electron chi connectivity index (χ1n) is 7.07. The van der Waals surface area contributed by atoms with Crippen molar-refractivity contribution in [3.8, 4) is 0 Å². The monoisotopic (exact) mass is 319 g/mol. The number of thioether (sulfide) groups is 1. The molecule has 3 nitrogen and oxygen atoms in total. The summed E-state index contributed by atoms with van der Waals surface area (Å²) in [5.74, 6) is 0.000995. The Bertz CT molecular complexity index is 589. The normalized spacial score (nSPS) is 24.3. The van der Waals surface area contributed by atoms with Gasteiger partial charge < -0.3 is 4.74 Å². The van der Waals surface area contributed by atoms with Gasteiger partial charge in [-0.1, -0.05) is 53.8 Å². The van der Waals surface area contributed by atoms with Crippen LogP contribution in [-0.4, -0.2) is 34.4 Å². The molecule has 3 rings (SSSR count). The van der Waals surface area contributed by atoms with E-state index in [4.69, 9.17) is 17.0 Å². The van der Waals surface area contributed by atoms with Crippen molar-refractivity contribution >= 4 is 40.3 Å². The third-order valence-electron chi connectivity index (χ3n) is 3.66. The lowest BCUT2D eigenvalue weighted by Gasteiger charge is -2.18. The summed E-state index contributed by atoms with van der Waals surface area (Å²) in [7, 11) is 0. The van der Waals surface area contributed by atoms with Gasteiger partial charge in [-0.25, -0.2) is 0 Å². The molecule has 1 amide bonds. The third kappa shape index (κ3) is 3.36. The van der Waals surface area contributed by atoms with E-state index >= 15 is 0 Å². The summed E-state index contributed by atoms with van der Waals surface area (Å²) in [6.45, 7) is 3.42. The van der Waals surface area contributed by atoms with Gasteiger partial charge in [0, 0.05) is 6.61 Å². The quantitative estimate of drug-likeness (QED) is 0.631. The van der Waals surface area contributed by atoms with E-state index in [-0.39, 0.29) is 12.0 Å². The largest absolute Gasteiger partial charge is 0.376 e.